The molecule has 0 aliphatic heterocycles. The van der Waals surface area contributed by atoms with Gasteiger partial charge in [-0.3, -0.25) is 4.79 Å². The molecule has 0 aliphatic carbocycles. The summed E-state index contributed by atoms with van der Waals surface area (Å²) in [5.74, 6) is 0.967. The molecular formula is C9H18N2OS2. The van der Waals surface area contributed by atoms with Gasteiger partial charge in [-0.2, -0.15) is 11.8 Å². The molecule has 1 unspecified atom stereocenters. The monoisotopic (exact) mass is 234 g/mol. The van der Waals surface area contributed by atoms with E-state index in [0.29, 0.717) is 0 Å². The zero-order valence-corrected chi connectivity index (χ0v) is 10.6. The van der Waals surface area contributed by atoms with E-state index < -0.39 is 0 Å². The van der Waals surface area contributed by atoms with Gasteiger partial charge in [-0.15, -0.1) is 0 Å². The van der Waals surface area contributed by atoms with Crippen molar-refractivity contribution in [3.05, 3.63) is 0 Å². The summed E-state index contributed by atoms with van der Waals surface area (Å²) >= 11 is 6.44. The lowest BCUT2D eigenvalue weighted by Crippen LogP contribution is -2.39. The number of rotatable bonds is 6. The van der Waals surface area contributed by atoms with Crippen molar-refractivity contribution in [2.75, 3.05) is 19.1 Å². The van der Waals surface area contributed by atoms with Crippen LogP contribution >= 0.6 is 24.0 Å². The van der Waals surface area contributed by atoms with Gasteiger partial charge >= 0.3 is 0 Å². The normalized spacial score (nSPS) is 12.2. The molecule has 0 spiro atoms. The van der Waals surface area contributed by atoms with Crippen molar-refractivity contribution in [1.29, 1.82) is 0 Å². The summed E-state index contributed by atoms with van der Waals surface area (Å²) in [7, 11) is 1.81. The van der Waals surface area contributed by atoms with Gasteiger partial charge in [0.05, 0.1) is 11.4 Å². The highest BCUT2D eigenvalue weighted by Gasteiger charge is 2.17. The fraction of sp³-hybridized carbons (Fsp3) is 0.778. The lowest BCUT2D eigenvalue weighted by Gasteiger charge is -2.26. The lowest BCUT2D eigenvalue weighted by molar-refractivity contribution is -0.130. The average molecular weight is 234 g/mol. The molecule has 0 bridgehead atoms. The predicted molar refractivity (Wildman–Crippen MR) is 66.6 cm³/mol. The fourth-order valence-electron chi connectivity index (χ4n) is 1.17. The molecule has 1 atom stereocenters. The smallest absolute Gasteiger partial charge is 0.229 e. The van der Waals surface area contributed by atoms with Crippen LogP contribution in [0.25, 0.3) is 0 Å². The zero-order valence-electron chi connectivity index (χ0n) is 8.95. The van der Waals surface area contributed by atoms with Gasteiger partial charge < -0.3 is 10.6 Å². The lowest BCUT2D eigenvalue weighted by atomic mass is 10.2. The van der Waals surface area contributed by atoms with Crippen molar-refractivity contribution < 1.29 is 4.79 Å². The number of thioether (sulfide) groups is 1. The van der Waals surface area contributed by atoms with Gasteiger partial charge in [-0.1, -0.05) is 19.1 Å². The van der Waals surface area contributed by atoms with Gasteiger partial charge in [0, 0.05) is 18.8 Å². The Morgan fingerprint density at radius 2 is 2.21 bits per heavy atom. The van der Waals surface area contributed by atoms with Crippen molar-refractivity contribution in [2.24, 2.45) is 5.73 Å². The Labute approximate surface area is 95.4 Å². The number of thiocarbonyl (C=S) groups is 1. The number of nitrogens with two attached hydrogens (primary N) is 1. The first kappa shape index (κ1) is 13.7. The molecule has 3 nitrogen and oxygen atoms in total. The second-order valence-corrected chi connectivity index (χ2v) is 4.60. The minimum Gasteiger partial charge on any atom is -0.393 e. The molecule has 2 N–H and O–H groups in total. The van der Waals surface area contributed by atoms with Crippen molar-refractivity contribution in [1.82, 2.24) is 4.90 Å². The maximum Gasteiger partial charge on any atom is 0.229 e. The first-order valence-electron chi connectivity index (χ1n) is 4.55. The van der Waals surface area contributed by atoms with Crippen LogP contribution in [0.1, 0.15) is 19.8 Å². The van der Waals surface area contributed by atoms with Crippen molar-refractivity contribution in [3.8, 4) is 0 Å². The van der Waals surface area contributed by atoms with E-state index in [9.17, 15) is 4.79 Å². The maximum atomic E-state index is 11.6. The third-order valence-corrected chi connectivity index (χ3v) is 2.96. The second kappa shape index (κ2) is 7.06. The Kier molecular flexibility index (Phi) is 6.92. The van der Waals surface area contributed by atoms with E-state index in [1.54, 1.807) is 16.7 Å². The van der Waals surface area contributed by atoms with E-state index in [4.69, 9.17) is 18.0 Å². The molecule has 14 heavy (non-hydrogen) atoms. The van der Waals surface area contributed by atoms with Crippen LogP contribution in [0.4, 0.5) is 0 Å². The average Bonchev–Trinajstić information content (AvgIpc) is 2.12. The molecule has 0 fully saturated rings. The first-order valence-corrected chi connectivity index (χ1v) is 6.36. The number of carbonyl (C=O) groups excluding carboxylic acids is 1. The summed E-state index contributed by atoms with van der Waals surface area (Å²) in [5, 5.41) is 0. The molecule has 82 valence electrons. The minimum absolute atomic E-state index is 0.0124. The molecule has 0 aromatic rings. The van der Waals surface area contributed by atoms with Crippen molar-refractivity contribution >= 4 is 34.9 Å². The van der Waals surface area contributed by atoms with Crippen molar-refractivity contribution in [2.45, 2.75) is 25.8 Å². The van der Waals surface area contributed by atoms with Crippen LogP contribution in [0.15, 0.2) is 0 Å². The number of amides is 1. The van der Waals surface area contributed by atoms with Crippen LogP contribution in [-0.4, -0.2) is 40.9 Å². The summed E-state index contributed by atoms with van der Waals surface area (Å²) < 4.78 is 0. The molecule has 0 aliphatic rings. The molecule has 5 heteroatoms. The van der Waals surface area contributed by atoms with E-state index >= 15 is 0 Å². The number of hydrogen-bond acceptors (Lipinski definition) is 3. The van der Waals surface area contributed by atoms with Gasteiger partial charge in [-0.05, 0) is 12.7 Å². The molecule has 0 saturated heterocycles. The van der Waals surface area contributed by atoms with E-state index in [1.807, 2.05) is 13.3 Å². The van der Waals surface area contributed by atoms with Crippen LogP contribution < -0.4 is 5.73 Å². The molecule has 1 amide bonds. The molecule has 0 aromatic heterocycles. The van der Waals surface area contributed by atoms with Crippen LogP contribution in [0.3, 0.4) is 0 Å². The van der Waals surface area contributed by atoms with Crippen molar-refractivity contribution in [3.63, 3.8) is 0 Å². The quantitative estimate of drug-likeness (QED) is 0.703. The van der Waals surface area contributed by atoms with Gasteiger partial charge in [0.25, 0.3) is 0 Å². The standard InChI is InChI=1S/C9H18N2OS2/c1-4-7(6-14-3)11(2)9(12)5-8(10)13/h7H,4-6H2,1-3H3,(H2,10,13). The summed E-state index contributed by atoms with van der Waals surface area (Å²) in [4.78, 5) is 13.6. The highest BCUT2D eigenvalue weighted by molar-refractivity contribution is 7.98. The Bertz CT molecular complexity index is 209. The minimum atomic E-state index is 0.0124. The van der Waals surface area contributed by atoms with Gasteiger partial charge in [-0.25, -0.2) is 0 Å². The summed E-state index contributed by atoms with van der Waals surface area (Å²) in [6.07, 6.45) is 3.17. The molecule has 0 aromatic carbocycles. The van der Waals surface area contributed by atoms with E-state index in [2.05, 4.69) is 6.92 Å². The van der Waals surface area contributed by atoms with E-state index in [0.717, 1.165) is 12.2 Å². The Balaban J connectivity index is 4.18. The predicted octanol–water partition coefficient (Wildman–Crippen LogP) is 1.26. The van der Waals surface area contributed by atoms with Crippen LogP contribution in [0, 0.1) is 0 Å². The highest BCUT2D eigenvalue weighted by Crippen LogP contribution is 2.09. The van der Waals surface area contributed by atoms with Crippen LogP contribution in [0.5, 0.6) is 0 Å². The molecule has 0 radical (unpaired) electrons. The number of hydrogen-bond donors (Lipinski definition) is 1. The fourth-order valence-corrected chi connectivity index (χ4v) is 2.14. The molecule has 0 rings (SSSR count). The molecule has 0 heterocycles. The van der Waals surface area contributed by atoms with E-state index in [-0.39, 0.29) is 23.4 Å². The topological polar surface area (TPSA) is 46.3 Å². The van der Waals surface area contributed by atoms with Crippen LogP contribution in [-0.2, 0) is 4.79 Å². The van der Waals surface area contributed by atoms with E-state index in [1.165, 1.54) is 0 Å². The maximum absolute atomic E-state index is 11.6. The largest absolute Gasteiger partial charge is 0.393 e. The summed E-state index contributed by atoms with van der Waals surface area (Å²) in [6, 6.07) is 0.284. The SMILES string of the molecule is CCC(CSC)N(C)C(=O)CC(N)=S. The Morgan fingerprint density at radius 1 is 1.64 bits per heavy atom. The number of nitrogens with zero attached hydrogens (tertiary/aromatic N) is 1. The summed E-state index contributed by atoms with van der Waals surface area (Å²) in [6.45, 7) is 2.07. The molecular weight excluding hydrogens is 216 g/mol. The molecule has 0 saturated carbocycles. The number of carbonyl (C=O) groups is 1. The van der Waals surface area contributed by atoms with Gasteiger partial charge in [0.1, 0.15) is 0 Å². The Hall–Kier alpha value is -0.290. The van der Waals surface area contributed by atoms with Crippen LogP contribution in [0.2, 0.25) is 0 Å². The highest BCUT2D eigenvalue weighted by atomic mass is 32.2. The van der Waals surface area contributed by atoms with Gasteiger partial charge in [0.2, 0.25) is 5.91 Å². The third-order valence-electron chi connectivity index (χ3n) is 2.10. The zero-order chi connectivity index (χ0) is 11.1. The van der Waals surface area contributed by atoms with Gasteiger partial charge in [0.15, 0.2) is 0 Å². The summed E-state index contributed by atoms with van der Waals surface area (Å²) in [5.41, 5.74) is 5.33. The Morgan fingerprint density at radius 3 is 2.57 bits per heavy atom. The first-order chi connectivity index (χ1) is 6.52. The second-order valence-electron chi connectivity index (χ2n) is 3.17. The third kappa shape index (κ3) is 4.81.